The van der Waals surface area contributed by atoms with Crippen molar-refractivity contribution in [1.29, 1.82) is 0 Å². The zero-order chi connectivity index (χ0) is 20.9. The van der Waals surface area contributed by atoms with Crippen molar-refractivity contribution in [2.24, 2.45) is 0 Å². The number of sulfonamides is 1. The van der Waals surface area contributed by atoms with Crippen LogP contribution in [0.3, 0.4) is 0 Å². The first-order valence-corrected chi connectivity index (χ1v) is 11.7. The molecule has 0 radical (unpaired) electrons. The molecule has 1 aliphatic rings. The van der Waals surface area contributed by atoms with Crippen molar-refractivity contribution in [3.05, 3.63) is 54.1 Å². The van der Waals surface area contributed by atoms with Gasteiger partial charge in [0.25, 0.3) is 0 Å². The Kier molecular flexibility index (Phi) is 6.94. The van der Waals surface area contributed by atoms with Crippen LogP contribution in [-0.4, -0.2) is 39.6 Å². The quantitative estimate of drug-likeness (QED) is 0.697. The molecule has 0 aliphatic carbocycles. The average molecular weight is 434 g/mol. The van der Waals surface area contributed by atoms with Crippen LogP contribution in [0.4, 0.5) is 5.69 Å². The minimum atomic E-state index is -3.53. The third-order valence-electron chi connectivity index (χ3n) is 4.56. The highest BCUT2D eigenvalue weighted by atomic mass is 32.2. The van der Waals surface area contributed by atoms with Gasteiger partial charge in [-0.2, -0.15) is 0 Å². The molecule has 9 heteroatoms. The van der Waals surface area contributed by atoms with Crippen molar-refractivity contribution < 1.29 is 18.0 Å². The van der Waals surface area contributed by atoms with Gasteiger partial charge in [0.2, 0.25) is 21.8 Å². The molecule has 0 bridgehead atoms. The summed E-state index contributed by atoms with van der Waals surface area (Å²) in [7, 11) is -2.18. The standard InChI is InChI=1S/C20H23N3O4S2/c1-21-29(26,27)16-6-4-5-15(13-16)14-22-19(24)9-10-20(25)23-11-12-28-18-8-3-2-7-17(18)23/h2-8,13,21H,9-12,14H2,1H3,(H,22,24). The molecule has 3 rings (SSSR count). The number of benzene rings is 2. The number of thioether (sulfide) groups is 1. The summed E-state index contributed by atoms with van der Waals surface area (Å²) in [6.45, 7) is 0.831. The predicted molar refractivity (Wildman–Crippen MR) is 113 cm³/mol. The third-order valence-corrected chi connectivity index (χ3v) is 7.02. The van der Waals surface area contributed by atoms with Gasteiger partial charge in [0, 0.05) is 36.6 Å². The molecule has 2 aromatic rings. The van der Waals surface area contributed by atoms with Crippen LogP contribution in [0.15, 0.2) is 58.3 Å². The van der Waals surface area contributed by atoms with Gasteiger partial charge >= 0.3 is 0 Å². The van der Waals surface area contributed by atoms with E-state index in [2.05, 4.69) is 10.0 Å². The molecule has 0 unspecified atom stereocenters. The summed E-state index contributed by atoms with van der Waals surface area (Å²) >= 11 is 1.72. The van der Waals surface area contributed by atoms with Crippen LogP contribution < -0.4 is 14.9 Å². The number of hydrogen-bond acceptors (Lipinski definition) is 5. The minimum Gasteiger partial charge on any atom is -0.352 e. The molecule has 1 aliphatic heterocycles. The summed E-state index contributed by atoms with van der Waals surface area (Å²) in [4.78, 5) is 27.7. The molecule has 0 saturated carbocycles. The lowest BCUT2D eigenvalue weighted by atomic mass is 10.2. The highest BCUT2D eigenvalue weighted by Crippen LogP contribution is 2.34. The van der Waals surface area contributed by atoms with E-state index >= 15 is 0 Å². The van der Waals surface area contributed by atoms with E-state index in [4.69, 9.17) is 0 Å². The SMILES string of the molecule is CNS(=O)(=O)c1cccc(CNC(=O)CCC(=O)N2CCSc3ccccc32)c1. The Morgan fingerprint density at radius 1 is 1.10 bits per heavy atom. The van der Waals surface area contributed by atoms with Crippen molar-refractivity contribution in [1.82, 2.24) is 10.0 Å². The summed E-state index contributed by atoms with van der Waals surface area (Å²) in [5, 5.41) is 2.74. The molecular weight excluding hydrogens is 410 g/mol. The van der Waals surface area contributed by atoms with Gasteiger partial charge in [-0.3, -0.25) is 9.59 Å². The van der Waals surface area contributed by atoms with E-state index in [0.29, 0.717) is 12.1 Å². The van der Waals surface area contributed by atoms with Crippen LogP contribution in [0.5, 0.6) is 0 Å². The first-order valence-electron chi connectivity index (χ1n) is 9.22. The Hall–Kier alpha value is -2.36. The number of carbonyl (C=O) groups excluding carboxylic acids is 2. The van der Waals surface area contributed by atoms with Crippen LogP contribution in [0.1, 0.15) is 18.4 Å². The molecule has 0 spiro atoms. The number of hydrogen-bond donors (Lipinski definition) is 2. The van der Waals surface area contributed by atoms with E-state index < -0.39 is 10.0 Å². The maximum Gasteiger partial charge on any atom is 0.240 e. The van der Waals surface area contributed by atoms with Crippen molar-refractivity contribution in [2.45, 2.75) is 29.2 Å². The van der Waals surface area contributed by atoms with E-state index in [9.17, 15) is 18.0 Å². The molecule has 2 amide bonds. The second-order valence-corrected chi connectivity index (χ2v) is 9.52. The van der Waals surface area contributed by atoms with Crippen molar-refractivity contribution in [2.75, 3.05) is 24.2 Å². The van der Waals surface area contributed by atoms with Gasteiger partial charge in [-0.25, -0.2) is 13.1 Å². The number of fused-ring (bicyclic) bond motifs is 1. The number of amides is 2. The van der Waals surface area contributed by atoms with Crippen LogP contribution in [0, 0.1) is 0 Å². The van der Waals surface area contributed by atoms with Crippen LogP contribution in [0.25, 0.3) is 0 Å². The maximum absolute atomic E-state index is 12.6. The summed E-state index contributed by atoms with van der Waals surface area (Å²) in [5.74, 6) is 0.510. The van der Waals surface area contributed by atoms with Crippen molar-refractivity contribution in [3.63, 3.8) is 0 Å². The van der Waals surface area contributed by atoms with Crippen LogP contribution in [-0.2, 0) is 26.2 Å². The molecule has 1 heterocycles. The van der Waals surface area contributed by atoms with Crippen molar-refractivity contribution in [3.8, 4) is 0 Å². The molecule has 154 valence electrons. The van der Waals surface area contributed by atoms with E-state index in [-0.39, 0.29) is 36.1 Å². The van der Waals surface area contributed by atoms with Crippen LogP contribution >= 0.6 is 11.8 Å². The predicted octanol–water partition coefficient (Wildman–Crippen LogP) is 2.13. The van der Waals surface area contributed by atoms with Gasteiger partial charge in [0.15, 0.2) is 0 Å². The molecule has 0 aromatic heterocycles. The van der Waals surface area contributed by atoms with Gasteiger partial charge in [-0.15, -0.1) is 11.8 Å². The highest BCUT2D eigenvalue weighted by molar-refractivity contribution is 7.99. The van der Waals surface area contributed by atoms with E-state index in [0.717, 1.165) is 16.3 Å². The Bertz CT molecular complexity index is 1010. The maximum atomic E-state index is 12.6. The first-order chi connectivity index (χ1) is 13.9. The normalized spacial score (nSPS) is 13.6. The molecular formula is C20H23N3O4S2. The smallest absolute Gasteiger partial charge is 0.240 e. The summed E-state index contributed by atoms with van der Waals surface area (Å²) < 4.78 is 26.0. The Morgan fingerprint density at radius 2 is 1.90 bits per heavy atom. The molecule has 2 aromatic carbocycles. The molecule has 7 nitrogen and oxygen atoms in total. The average Bonchev–Trinajstić information content (AvgIpc) is 2.75. The Balaban J connectivity index is 1.52. The lowest BCUT2D eigenvalue weighted by molar-refractivity contribution is -0.125. The molecule has 0 saturated heterocycles. The molecule has 0 atom stereocenters. The fraction of sp³-hybridized carbons (Fsp3) is 0.300. The van der Waals surface area contributed by atoms with E-state index in [1.54, 1.807) is 28.8 Å². The fourth-order valence-corrected chi connectivity index (χ4v) is 4.81. The topological polar surface area (TPSA) is 95.6 Å². The first kappa shape index (κ1) is 21.4. The van der Waals surface area contributed by atoms with Gasteiger partial charge in [0.05, 0.1) is 10.6 Å². The van der Waals surface area contributed by atoms with Gasteiger partial charge in [-0.05, 0) is 36.9 Å². The van der Waals surface area contributed by atoms with Gasteiger partial charge < -0.3 is 10.2 Å². The van der Waals surface area contributed by atoms with Crippen LogP contribution in [0.2, 0.25) is 0 Å². The number of anilines is 1. The Morgan fingerprint density at radius 3 is 2.69 bits per heavy atom. The van der Waals surface area contributed by atoms with E-state index in [1.807, 2.05) is 24.3 Å². The molecule has 29 heavy (non-hydrogen) atoms. The zero-order valence-corrected chi connectivity index (χ0v) is 17.7. The van der Waals surface area contributed by atoms with Gasteiger partial charge in [-0.1, -0.05) is 24.3 Å². The van der Waals surface area contributed by atoms with E-state index in [1.165, 1.54) is 19.2 Å². The molecule has 2 N–H and O–H groups in total. The number of para-hydroxylation sites is 1. The summed E-state index contributed by atoms with van der Waals surface area (Å²) in [6, 6.07) is 14.1. The highest BCUT2D eigenvalue weighted by Gasteiger charge is 2.22. The van der Waals surface area contributed by atoms with Crippen molar-refractivity contribution >= 4 is 39.3 Å². The second kappa shape index (κ2) is 9.43. The molecule has 0 fully saturated rings. The lowest BCUT2D eigenvalue weighted by Crippen LogP contribution is -2.36. The largest absolute Gasteiger partial charge is 0.352 e. The second-order valence-electron chi connectivity index (χ2n) is 6.49. The zero-order valence-electron chi connectivity index (χ0n) is 16.1. The fourth-order valence-electron chi connectivity index (χ4n) is 3.01. The summed E-state index contributed by atoms with van der Waals surface area (Å²) in [6.07, 6.45) is 0.207. The minimum absolute atomic E-state index is 0.0741. The van der Waals surface area contributed by atoms with Gasteiger partial charge in [0.1, 0.15) is 0 Å². The number of carbonyl (C=O) groups is 2. The third kappa shape index (κ3) is 5.37. The summed E-state index contributed by atoms with van der Waals surface area (Å²) in [5.41, 5.74) is 1.57. The number of nitrogens with one attached hydrogen (secondary N) is 2. The Labute approximate surface area is 174 Å². The number of nitrogens with zero attached hydrogens (tertiary/aromatic N) is 1. The number of rotatable bonds is 7. The monoisotopic (exact) mass is 433 g/mol. The lowest BCUT2D eigenvalue weighted by Gasteiger charge is -2.29.